The zero-order valence-electron chi connectivity index (χ0n) is 16.2. The summed E-state index contributed by atoms with van der Waals surface area (Å²) in [4.78, 5) is 27.2. The molecule has 3 rings (SSSR count). The van der Waals surface area contributed by atoms with E-state index in [4.69, 9.17) is 0 Å². The Hall–Kier alpha value is -2.83. The summed E-state index contributed by atoms with van der Waals surface area (Å²) in [7, 11) is 3.48. The minimum absolute atomic E-state index is 0.0605. The standard InChI is InChI=1S/C20H27N5O2/c1-15-6-4-5-7-16(15)14-18(26)25-12-9-20(10-13-25,19(27)21-2)23-17-8-11-22-24(17)3/h4-8,11,23H,9-10,12-14H2,1-3H3,(H,21,27). The fourth-order valence-electron chi connectivity index (χ4n) is 3.61. The summed E-state index contributed by atoms with van der Waals surface area (Å²) >= 11 is 0. The third kappa shape index (κ3) is 3.97. The van der Waals surface area contributed by atoms with Crippen LogP contribution in [0.1, 0.15) is 24.0 Å². The molecule has 144 valence electrons. The summed E-state index contributed by atoms with van der Waals surface area (Å²) in [6.45, 7) is 3.11. The molecule has 1 aromatic carbocycles. The van der Waals surface area contributed by atoms with Crippen LogP contribution in [-0.4, -0.2) is 52.2 Å². The van der Waals surface area contributed by atoms with E-state index in [2.05, 4.69) is 15.7 Å². The molecule has 2 aromatic rings. The number of likely N-dealkylation sites (N-methyl/N-ethyl adjacent to an activating group) is 1. The molecule has 0 aliphatic carbocycles. The number of piperidine rings is 1. The zero-order chi connectivity index (χ0) is 19.4. The fraction of sp³-hybridized carbons (Fsp3) is 0.450. The predicted octanol–water partition coefficient (Wildman–Crippen LogP) is 1.49. The van der Waals surface area contributed by atoms with E-state index < -0.39 is 5.54 Å². The van der Waals surface area contributed by atoms with Crippen LogP contribution in [0, 0.1) is 6.92 Å². The molecule has 0 spiro atoms. The van der Waals surface area contributed by atoms with Gasteiger partial charge in [0, 0.05) is 33.3 Å². The van der Waals surface area contributed by atoms with Crippen molar-refractivity contribution in [3.63, 3.8) is 0 Å². The first-order chi connectivity index (χ1) is 12.9. The van der Waals surface area contributed by atoms with Crippen molar-refractivity contribution in [1.82, 2.24) is 20.0 Å². The second-order valence-electron chi connectivity index (χ2n) is 7.11. The average Bonchev–Trinajstić information content (AvgIpc) is 3.07. The van der Waals surface area contributed by atoms with Gasteiger partial charge in [-0.15, -0.1) is 0 Å². The lowest BCUT2D eigenvalue weighted by Crippen LogP contribution is -2.58. The number of hydrogen-bond acceptors (Lipinski definition) is 4. The van der Waals surface area contributed by atoms with Gasteiger partial charge in [0.25, 0.3) is 0 Å². The first kappa shape index (κ1) is 18.9. The lowest BCUT2D eigenvalue weighted by Gasteiger charge is -2.41. The Morgan fingerprint density at radius 1 is 1.19 bits per heavy atom. The van der Waals surface area contributed by atoms with Crippen molar-refractivity contribution < 1.29 is 9.59 Å². The number of nitrogens with one attached hydrogen (secondary N) is 2. The SMILES string of the molecule is CNC(=O)C1(Nc2ccnn2C)CCN(C(=O)Cc2ccccc2C)CC1. The Balaban J connectivity index is 1.69. The van der Waals surface area contributed by atoms with Crippen molar-refractivity contribution >= 4 is 17.6 Å². The van der Waals surface area contributed by atoms with Crippen LogP contribution < -0.4 is 10.6 Å². The van der Waals surface area contributed by atoms with E-state index in [0.29, 0.717) is 32.4 Å². The number of nitrogens with zero attached hydrogens (tertiary/aromatic N) is 3. The maximum absolute atomic E-state index is 12.7. The topological polar surface area (TPSA) is 79.3 Å². The molecule has 1 aliphatic rings. The van der Waals surface area contributed by atoms with Gasteiger partial charge in [0.15, 0.2) is 0 Å². The Morgan fingerprint density at radius 3 is 2.48 bits per heavy atom. The third-order valence-corrected chi connectivity index (χ3v) is 5.42. The molecule has 1 aromatic heterocycles. The minimum Gasteiger partial charge on any atom is -0.357 e. The van der Waals surface area contributed by atoms with Gasteiger partial charge in [-0.2, -0.15) is 5.10 Å². The van der Waals surface area contributed by atoms with Crippen LogP contribution in [0.25, 0.3) is 0 Å². The van der Waals surface area contributed by atoms with Crippen LogP contribution in [0.4, 0.5) is 5.82 Å². The molecule has 0 radical (unpaired) electrons. The Morgan fingerprint density at radius 2 is 1.89 bits per heavy atom. The number of likely N-dealkylation sites (tertiary alicyclic amines) is 1. The van der Waals surface area contributed by atoms with E-state index in [9.17, 15) is 9.59 Å². The predicted molar refractivity (Wildman–Crippen MR) is 104 cm³/mol. The summed E-state index contributed by atoms with van der Waals surface area (Å²) in [6.07, 6.45) is 3.20. The molecule has 0 saturated carbocycles. The van der Waals surface area contributed by atoms with Gasteiger partial charge in [0.2, 0.25) is 11.8 Å². The molecule has 27 heavy (non-hydrogen) atoms. The summed E-state index contributed by atoms with van der Waals surface area (Å²) in [5.74, 6) is 0.836. The lowest BCUT2D eigenvalue weighted by molar-refractivity contribution is -0.135. The van der Waals surface area contributed by atoms with Gasteiger partial charge in [-0.25, -0.2) is 0 Å². The summed E-state index contributed by atoms with van der Waals surface area (Å²) in [5.41, 5.74) is 1.45. The highest BCUT2D eigenvalue weighted by Crippen LogP contribution is 2.28. The smallest absolute Gasteiger partial charge is 0.245 e. The van der Waals surface area contributed by atoms with Crippen LogP contribution in [0.15, 0.2) is 36.5 Å². The number of amides is 2. The van der Waals surface area contributed by atoms with Crippen molar-refractivity contribution in [2.75, 3.05) is 25.5 Å². The van der Waals surface area contributed by atoms with Crippen LogP contribution in [-0.2, 0) is 23.1 Å². The average molecular weight is 369 g/mol. The number of carbonyl (C=O) groups is 2. The Labute approximate surface area is 159 Å². The molecule has 1 fully saturated rings. The van der Waals surface area contributed by atoms with Gasteiger partial charge in [-0.3, -0.25) is 14.3 Å². The van der Waals surface area contributed by atoms with Crippen LogP contribution in [0.5, 0.6) is 0 Å². The number of aryl methyl sites for hydroxylation is 2. The molecule has 7 nitrogen and oxygen atoms in total. The minimum atomic E-state index is -0.734. The van der Waals surface area contributed by atoms with E-state index in [-0.39, 0.29) is 11.8 Å². The highest BCUT2D eigenvalue weighted by atomic mass is 16.2. The van der Waals surface area contributed by atoms with E-state index in [1.165, 1.54) is 0 Å². The van der Waals surface area contributed by atoms with Gasteiger partial charge in [-0.05, 0) is 30.9 Å². The highest BCUT2D eigenvalue weighted by molar-refractivity contribution is 5.89. The number of rotatable bonds is 5. The molecule has 0 atom stereocenters. The largest absolute Gasteiger partial charge is 0.357 e. The van der Waals surface area contributed by atoms with Gasteiger partial charge in [-0.1, -0.05) is 24.3 Å². The third-order valence-electron chi connectivity index (χ3n) is 5.42. The molecule has 2 heterocycles. The van der Waals surface area contributed by atoms with Crippen molar-refractivity contribution in [3.05, 3.63) is 47.7 Å². The summed E-state index contributed by atoms with van der Waals surface area (Å²) < 4.78 is 1.71. The van der Waals surface area contributed by atoms with Gasteiger partial charge in [0.1, 0.15) is 11.4 Å². The second-order valence-corrected chi connectivity index (χ2v) is 7.11. The van der Waals surface area contributed by atoms with E-state index >= 15 is 0 Å². The normalized spacial score (nSPS) is 16.0. The fourth-order valence-corrected chi connectivity index (χ4v) is 3.61. The number of carbonyl (C=O) groups excluding carboxylic acids is 2. The summed E-state index contributed by atoms with van der Waals surface area (Å²) in [6, 6.07) is 9.80. The molecular formula is C20H27N5O2. The first-order valence-corrected chi connectivity index (χ1v) is 9.26. The van der Waals surface area contributed by atoms with E-state index in [1.54, 1.807) is 17.9 Å². The van der Waals surface area contributed by atoms with Gasteiger partial charge >= 0.3 is 0 Å². The van der Waals surface area contributed by atoms with Crippen LogP contribution >= 0.6 is 0 Å². The van der Waals surface area contributed by atoms with Crippen molar-refractivity contribution in [1.29, 1.82) is 0 Å². The van der Waals surface area contributed by atoms with Crippen molar-refractivity contribution in [2.45, 2.75) is 31.7 Å². The Bertz CT molecular complexity index is 821. The number of benzene rings is 1. The number of hydrogen-bond donors (Lipinski definition) is 2. The lowest BCUT2D eigenvalue weighted by atomic mass is 9.86. The molecule has 1 saturated heterocycles. The Kier molecular flexibility index (Phi) is 5.48. The maximum atomic E-state index is 12.7. The molecular weight excluding hydrogens is 342 g/mol. The molecule has 2 N–H and O–H groups in total. The van der Waals surface area contributed by atoms with Crippen molar-refractivity contribution in [2.24, 2.45) is 7.05 Å². The molecule has 0 bridgehead atoms. The van der Waals surface area contributed by atoms with Crippen molar-refractivity contribution in [3.8, 4) is 0 Å². The zero-order valence-corrected chi connectivity index (χ0v) is 16.2. The van der Waals surface area contributed by atoms with E-state index in [1.807, 2.05) is 49.2 Å². The summed E-state index contributed by atoms with van der Waals surface area (Å²) in [5, 5.41) is 10.3. The van der Waals surface area contributed by atoms with Gasteiger partial charge in [0.05, 0.1) is 12.6 Å². The first-order valence-electron chi connectivity index (χ1n) is 9.26. The second kappa shape index (κ2) is 7.82. The quantitative estimate of drug-likeness (QED) is 0.837. The maximum Gasteiger partial charge on any atom is 0.245 e. The number of aromatic nitrogens is 2. The van der Waals surface area contributed by atoms with Crippen LogP contribution in [0.2, 0.25) is 0 Å². The molecule has 7 heteroatoms. The highest BCUT2D eigenvalue weighted by Gasteiger charge is 2.42. The van der Waals surface area contributed by atoms with E-state index in [0.717, 1.165) is 16.9 Å². The molecule has 1 aliphatic heterocycles. The number of anilines is 1. The van der Waals surface area contributed by atoms with Gasteiger partial charge < -0.3 is 15.5 Å². The monoisotopic (exact) mass is 369 g/mol. The van der Waals surface area contributed by atoms with Crippen LogP contribution in [0.3, 0.4) is 0 Å². The molecule has 0 unspecified atom stereocenters. The molecule has 2 amide bonds.